The van der Waals surface area contributed by atoms with Gasteiger partial charge in [-0.25, -0.2) is 0 Å². The molecule has 0 radical (unpaired) electrons. The first kappa shape index (κ1) is 44.0. The zero-order valence-electron chi connectivity index (χ0n) is 34.7. The highest BCUT2D eigenvalue weighted by molar-refractivity contribution is 5.83. The predicted molar refractivity (Wildman–Crippen MR) is 233 cm³/mol. The second-order valence-electron chi connectivity index (χ2n) is 14.4. The molecule has 0 aliphatic carbocycles. The van der Waals surface area contributed by atoms with Crippen molar-refractivity contribution in [3.05, 3.63) is 154 Å². The number of hydrogen-bond acceptors (Lipinski definition) is 12. The molecule has 6 rings (SSSR count). The van der Waals surface area contributed by atoms with Crippen LogP contribution in [0.3, 0.4) is 0 Å². The third kappa shape index (κ3) is 13.8. The molecule has 2 amide bonds. The summed E-state index contributed by atoms with van der Waals surface area (Å²) < 4.78 is 24.9. The average Bonchev–Trinajstić information content (AvgIpc) is 3.29. The molecule has 0 bridgehead atoms. The molecule has 2 aromatic heterocycles. The smallest absolute Gasteiger partial charge is 0.216 e. The molecule has 4 N–H and O–H groups in total. The maximum atomic E-state index is 11.2. The van der Waals surface area contributed by atoms with E-state index in [0.717, 1.165) is 44.2 Å². The van der Waals surface area contributed by atoms with Crippen LogP contribution in [-0.2, 0) is 49.1 Å². The Kier molecular flexibility index (Phi) is 16.2. The van der Waals surface area contributed by atoms with Gasteiger partial charge in [0.25, 0.3) is 0 Å². The molecule has 0 fully saturated rings. The molecule has 0 saturated carbocycles. The third-order valence-electron chi connectivity index (χ3n) is 9.48. The molecule has 0 aliphatic heterocycles. The summed E-state index contributed by atoms with van der Waals surface area (Å²) >= 11 is 0. The second-order valence-corrected chi connectivity index (χ2v) is 14.4. The SMILES string of the molecule is CC(=O)NCCNCc1ccc(OCc2ccc3cc(COc4ccc(CNCCNC(C)=O)c(OCc5cncc(C#N)c5)c4)ccc3c2)cc1OCc1cncc(C#N)c1. The van der Waals surface area contributed by atoms with E-state index in [0.29, 0.717) is 86.6 Å². The molecule has 0 aliphatic rings. The number of aromatic nitrogens is 2. The molecule has 0 saturated heterocycles. The summed E-state index contributed by atoms with van der Waals surface area (Å²) in [6.45, 7) is 7.35. The maximum Gasteiger partial charge on any atom is 0.216 e. The summed E-state index contributed by atoms with van der Waals surface area (Å²) in [4.78, 5) is 30.8. The molecule has 0 spiro atoms. The largest absolute Gasteiger partial charge is 0.489 e. The highest BCUT2D eigenvalue weighted by atomic mass is 16.5. The van der Waals surface area contributed by atoms with E-state index in [2.05, 4.69) is 67.6 Å². The van der Waals surface area contributed by atoms with Gasteiger partial charge >= 0.3 is 0 Å². The van der Waals surface area contributed by atoms with Crippen molar-refractivity contribution >= 4 is 22.6 Å². The lowest BCUT2D eigenvalue weighted by Gasteiger charge is -2.15. The van der Waals surface area contributed by atoms with Gasteiger partial charge in [0.1, 0.15) is 61.6 Å². The number of rotatable bonds is 22. The lowest BCUT2D eigenvalue weighted by atomic mass is 10.0. The van der Waals surface area contributed by atoms with E-state index >= 15 is 0 Å². The first-order chi connectivity index (χ1) is 30.2. The Hall–Kier alpha value is -7.52. The Labute approximate surface area is 360 Å². The van der Waals surface area contributed by atoms with Crippen molar-refractivity contribution in [2.75, 3.05) is 26.2 Å². The minimum Gasteiger partial charge on any atom is -0.489 e. The first-order valence-electron chi connectivity index (χ1n) is 20.1. The van der Waals surface area contributed by atoms with Crippen LogP contribution in [0.1, 0.15) is 58.4 Å². The van der Waals surface area contributed by atoms with Crippen LogP contribution in [0.25, 0.3) is 10.8 Å². The number of benzene rings is 4. The topological polar surface area (TPSA) is 193 Å². The van der Waals surface area contributed by atoms with Gasteiger partial charge in [0, 0.05) is 112 Å². The Morgan fingerprint density at radius 1 is 0.516 bits per heavy atom. The number of ether oxygens (including phenoxy) is 4. The molecule has 316 valence electrons. The molecule has 6 aromatic rings. The van der Waals surface area contributed by atoms with E-state index in [1.54, 1.807) is 24.5 Å². The molecule has 0 unspecified atom stereocenters. The quantitative estimate of drug-likeness (QED) is 0.0573. The van der Waals surface area contributed by atoms with Crippen molar-refractivity contribution in [2.45, 2.75) is 53.4 Å². The van der Waals surface area contributed by atoms with Gasteiger partial charge in [0.15, 0.2) is 0 Å². The van der Waals surface area contributed by atoms with Crippen molar-refractivity contribution in [2.24, 2.45) is 0 Å². The van der Waals surface area contributed by atoms with Crippen LogP contribution >= 0.6 is 0 Å². The van der Waals surface area contributed by atoms with E-state index in [4.69, 9.17) is 18.9 Å². The van der Waals surface area contributed by atoms with Gasteiger partial charge < -0.3 is 40.2 Å². The highest BCUT2D eigenvalue weighted by Gasteiger charge is 2.11. The summed E-state index contributed by atoms with van der Waals surface area (Å²) in [5.74, 6) is 2.40. The Bertz CT molecular complexity index is 2390. The fourth-order valence-corrected chi connectivity index (χ4v) is 6.35. The number of fused-ring (bicyclic) bond motifs is 1. The van der Waals surface area contributed by atoms with Crippen LogP contribution in [0, 0.1) is 22.7 Å². The van der Waals surface area contributed by atoms with Crippen LogP contribution < -0.4 is 40.2 Å². The van der Waals surface area contributed by atoms with Gasteiger partial charge in [-0.3, -0.25) is 19.6 Å². The predicted octanol–water partition coefficient (Wildman–Crippen LogP) is 6.14. The standard InChI is InChI=1S/C48H48N8O6/c1-33(57)55-13-11-51-27-43-7-9-45(19-47(43)61-31-39-15-37(21-49)23-53-25-39)59-29-35-3-5-42-18-36(4-6-41(42)17-35)30-60-46-10-8-44(28-52-12-14-56-34(2)58)48(20-46)62-32-40-16-38(22-50)24-54-26-40/h3-10,15-20,23-26,51-52H,11-14,27-32H2,1-2H3,(H,55,57)(H,56,58). The van der Waals surface area contributed by atoms with E-state index in [9.17, 15) is 20.1 Å². The highest BCUT2D eigenvalue weighted by Crippen LogP contribution is 2.29. The van der Waals surface area contributed by atoms with Crippen LogP contribution in [0.5, 0.6) is 23.0 Å². The van der Waals surface area contributed by atoms with Gasteiger partial charge in [-0.15, -0.1) is 0 Å². The fourth-order valence-electron chi connectivity index (χ4n) is 6.35. The number of pyridine rings is 2. The molecule has 14 heteroatoms. The van der Waals surface area contributed by atoms with Crippen LogP contribution in [0.15, 0.2) is 110 Å². The minimum absolute atomic E-state index is 0.0780. The fraction of sp³-hybridized carbons (Fsp3) is 0.250. The number of hydrogen-bond donors (Lipinski definition) is 4. The number of carbonyl (C=O) groups is 2. The second kappa shape index (κ2) is 22.7. The lowest BCUT2D eigenvalue weighted by Crippen LogP contribution is -2.30. The normalized spacial score (nSPS) is 10.6. The summed E-state index contributed by atoms with van der Waals surface area (Å²) in [6, 6.07) is 31.6. The third-order valence-corrected chi connectivity index (χ3v) is 9.48. The lowest BCUT2D eigenvalue weighted by molar-refractivity contribution is -0.119. The van der Waals surface area contributed by atoms with Crippen molar-refractivity contribution in [1.29, 1.82) is 10.5 Å². The summed E-state index contributed by atoms with van der Waals surface area (Å²) in [7, 11) is 0. The Morgan fingerprint density at radius 3 is 1.37 bits per heavy atom. The van der Waals surface area contributed by atoms with Gasteiger partial charge in [-0.05, 0) is 58.3 Å². The molecule has 14 nitrogen and oxygen atoms in total. The molecular formula is C48H48N8O6. The molecular weight excluding hydrogens is 785 g/mol. The Balaban J connectivity index is 1.08. The Morgan fingerprint density at radius 2 is 0.952 bits per heavy atom. The van der Waals surface area contributed by atoms with E-state index in [-0.39, 0.29) is 25.0 Å². The van der Waals surface area contributed by atoms with E-state index in [1.807, 2.05) is 48.5 Å². The summed E-state index contributed by atoms with van der Waals surface area (Å²) in [5, 5.41) is 32.9. The van der Waals surface area contributed by atoms with Crippen molar-refractivity contribution in [3.63, 3.8) is 0 Å². The van der Waals surface area contributed by atoms with Crippen LogP contribution in [0.2, 0.25) is 0 Å². The van der Waals surface area contributed by atoms with E-state index < -0.39 is 0 Å². The number of nitrogens with one attached hydrogen (secondary N) is 4. The van der Waals surface area contributed by atoms with Crippen molar-refractivity contribution in [1.82, 2.24) is 31.2 Å². The van der Waals surface area contributed by atoms with Crippen molar-refractivity contribution in [3.8, 4) is 35.1 Å². The number of nitriles is 2. The van der Waals surface area contributed by atoms with Crippen LogP contribution in [0.4, 0.5) is 0 Å². The summed E-state index contributed by atoms with van der Waals surface area (Å²) in [5.41, 5.74) is 6.30. The van der Waals surface area contributed by atoms with Gasteiger partial charge in [-0.1, -0.05) is 36.4 Å². The summed E-state index contributed by atoms with van der Waals surface area (Å²) in [6.07, 6.45) is 6.37. The number of amides is 2. The molecule has 4 aromatic carbocycles. The van der Waals surface area contributed by atoms with Crippen LogP contribution in [-0.4, -0.2) is 48.0 Å². The molecule has 62 heavy (non-hydrogen) atoms. The van der Waals surface area contributed by atoms with Crippen molar-refractivity contribution < 1.29 is 28.5 Å². The minimum atomic E-state index is -0.0780. The molecule has 0 atom stereocenters. The molecule has 2 heterocycles. The number of carbonyl (C=O) groups excluding carboxylic acids is 2. The monoisotopic (exact) mass is 832 g/mol. The first-order valence-corrected chi connectivity index (χ1v) is 20.1. The zero-order valence-corrected chi connectivity index (χ0v) is 34.7. The van der Waals surface area contributed by atoms with E-state index in [1.165, 1.54) is 26.2 Å². The zero-order chi connectivity index (χ0) is 43.5. The number of nitrogens with zero attached hydrogens (tertiary/aromatic N) is 4. The maximum absolute atomic E-state index is 11.2. The van der Waals surface area contributed by atoms with Gasteiger partial charge in [-0.2, -0.15) is 10.5 Å². The average molecular weight is 833 g/mol. The van der Waals surface area contributed by atoms with Gasteiger partial charge in [0.2, 0.25) is 11.8 Å². The van der Waals surface area contributed by atoms with Gasteiger partial charge in [0.05, 0.1) is 11.1 Å².